The lowest BCUT2D eigenvalue weighted by Crippen LogP contribution is -2.63. The number of rotatable bonds is 6. The van der Waals surface area contributed by atoms with Crippen LogP contribution in [0, 0.1) is 0 Å². The Hall–Kier alpha value is -0.200. The highest BCUT2D eigenvalue weighted by atomic mass is 16.5. The number of ether oxygens (including phenoxy) is 1. The molecule has 0 aromatic rings. The van der Waals surface area contributed by atoms with E-state index in [2.05, 4.69) is 15.1 Å². The van der Waals surface area contributed by atoms with Crippen LogP contribution < -0.4 is 5.32 Å². The number of nitrogens with zero attached hydrogens (tertiary/aromatic N) is 2. The summed E-state index contributed by atoms with van der Waals surface area (Å²) in [6.45, 7) is 9.37. The van der Waals surface area contributed by atoms with E-state index in [0.29, 0.717) is 6.61 Å². The minimum atomic E-state index is 0.128. The molecular weight excluding hydrogens is 206 g/mol. The molecule has 0 atom stereocenters. The van der Waals surface area contributed by atoms with Gasteiger partial charge in [0.05, 0.1) is 19.8 Å². The minimum absolute atomic E-state index is 0.128. The topological polar surface area (TPSA) is 48.0 Å². The van der Waals surface area contributed by atoms with Gasteiger partial charge in [-0.05, 0) is 0 Å². The van der Waals surface area contributed by atoms with Gasteiger partial charge >= 0.3 is 0 Å². The molecule has 2 aliphatic heterocycles. The highest BCUT2D eigenvalue weighted by Gasteiger charge is 2.31. The van der Waals surface area contributed by atoms with Gasteiger partial charge in [-0.3, -0.25) is 9.80 Å². The fourth-order valence-electron chi connectivity index (χ4n) is 2.36. The highest BCUT2D eigenvalue weighted by molar-refractivity contribution is 4.89. The molecule has 0 bridgehead atoms. The molecule has 5 heteroatoms. The first-order valence-electron chi connectivity index (χ1n) is 6.26. The Labute approximate surface area is 97.4 Å². The van der Waals surface area contributed by atoms with E-state index < -0.39 is 0 Å². The zero-order valence-corrected chi connectivity index (χ0v) is 9.90. The first-order valence-corrected chi connectivity index (χ1v) is 6.26. The van der Waals surface area contributed by atoms with Crippen molar-refractivity contribution in [2.75, 3.05) is 65.6 Å². The molecule has 2 rings (SSSR count). The van der Waals surface area contributed by atoms with Crippen LogP contribution in [0.4, 0.5) is 0 Å². The van der Waals surface area contributed by atoms with Crippen molar-refractivity contribution in [3.63, 3.8) is 0 Å². The summed E-state index contributed by atoms with van der Waals surface area (Å²) >= 11 is 0. The van der Waals surface area contributed by atoms with E-state index in [-0.39, 0.29) is 6.61 Å². The second-order valence-corrected chi connectivity index (χ2v) is 4.54. The zero-order valence-electron chi connectivity index (χ0n) is 9.90. The third-order valence-electron chi connectivity index (χ3n) is 3.39. The first kappa shape index (κ1) is 12.3. The predicted octanol–water partition coefficient (Wildman–Crippen LogP) is -1.42. The maximum atomic E-state index is 8.56. The van der Waals surface area contributed by atoms with Crippen molar-refractivity contribution in [3.05, 3.63) is 0 Å². The molecule has 0 aromatic carbocycles. The maximum absolute atomic E-state index is 8.56. The maximum Gasteiger partial charge on any atom is 0.0698 e. The van der Waals surface area contributed by atoms with Crippen LogP contribution in [-0.2, 0) is 4.74 Å². The van der Waals surface area contributed by atoms with Crippen LogP contribution >= 0.6 is 0 Å². The van der Waals surface area contributed by atoms with E-state index in [9.17, 15) is 0 Å². The summed E-state index contributed by atoms with van der Waals surface area (Å²) in [6, 6.07) is 0.764. The van der Waals surface area contributed by atoms with Crippen molar-refractivity contribution in [1.82, 2.24) is 15.1 Å². The lowest BCUT2D eigenvalue weighted by molar-refractivity contribution is 0.00264. The Morgan fingerprint density at radius 3 is 2.62 bits per heavy atom. The van der Waals surface area contributed by atoms with Crippen LogP contribution in [0.2, 0.25) is 0 Å². The van der Waals surface area contributed by atoms with Gasteiger partial charge in [-0.1, -0.05) is 0 Å². The summed E-state index contributed by atoms with van der Waals surface area (Å²) in [5.41, 5.74) is 0. The van der Waals surface area contributed by atoms with Gasteiger partial charge in [0, 0.05) is 51.9 Å². The molecule has 94 valence electrons. The Morgan fingerprint density at radius 1 is 1.19 bits per heavy atom. The number of aliphatic hydroxyl groups excluding tert-OH is 1. The third kappa shape index (κ3) is 3.40. The molecule has 2 N–H and O–H groups in total. The van der Waals surface area contributed by atoms with Gasteiger partial charge in [0.25, 0.3) is 0 Å². The lowest BCUT2D eigenvalue weighted by atomic mass is 10.1. The standard InChI is InChI=1S/C11H23N3O2/c15-6-8-16-7-5-13-9-11(10-13)14-3-1-12-2-4-14/h11-12,15H,1-10H2. The summed E-state index contributed by atoms with van der Waals surface area (Å²) in [7, 11) is 0. The molecule has 0 radical (unpaired) electrons. The van der Waals surface area contributed by atoms with Crippen LogP contribution in [0.15, 0.2) is 0 Å². The fourth-order valence-corrected chi connectivity index (χ4v) is 2.36. The summed E-state index contributed by atoms with van der Waals surface area (Å²) < 4.78 is 5.25. The summed E-state index contributed by atoms with van der Waals surface area (Å²) in [6.07, 6.45) is 0. The molecule has 2 saturated heterocycles. The average molecular weight is 229 g/mol. The molecular formula is C11H23N3O2. The molecule has 5 nitrogen and oxygen atoms in total. The predicted molar refractivity (Wildman–Crippen MR) is 62.6 cm³/mol. The van der Waals surface area contributed by atoms with Crippen LogP contribution in [0.25, 0.3) is 0 Å². The van der Waals surface area contributed by atoms with Crippen molar-refractivity contribution < 1.29 is 9.84 Å². The van der Waals surface area contributed by atoms with E-state index in [4.69, 9.17) is 9.84 Å². The summed E-state index contributed by atoms with van der Waals surface area (Å²) in [4.78, 5) is 5.01. The molecule has 2 aliphatic rings. The number of aliphatic hydroxyl groups is 1. The van der Waals surface area contributed by atoms with E-state index in [1.54, 1.807) is 0 Å². The highest BCUT2D eigenvalue weighted by Crippen LogP contribution is 2.14. The molecule has 0 aromatic heterocycles. The minimum Gasteiger partial charge on any atom is -0.394 e. The largest absolute Gasteiger partial charge is 0.394 e. The average Bonchev–Trinajstić information content (AvgIpc) is 2.28. The van der Waals surface area contributed by atoms with Crippen LogP contribution in [-0.4, -0.2) is 86.6 Å². The fraction of sp³-hybridized carbons (Fsp3) is 1.00. The number of nitrogens with one attached hydrogen (secondary N) is 1. The van der Waals surface area contributed by atoms with Crippen molar-refractivity contribution in [2.24, 2.45) is 0 Å². The molecule has 0 aliphatic carbocycles. The lowest BCUT2D eigenvalue weighted by Gasteiger charge is -2.46. The van der Waals surface area contributed by atoms with Gasteiger partial charge in [0.15, 0.2) is 0 Å². The second kappa shape index (κ2) is 6.51. The molecule has 2 fully saturated rings. The van der Waals surface area contributed by atoms with Crippen LogP contribution in [0.1, 0.15) is 0 Å². The van der Waals surface area contributed by atoms with E-state index in [1.807, 2.05) is 0 Å². The summed E-state index contributed by atoms with van der Waals surface area (Å²) in [5.74, 6) is 0. The van der Waals surface area contributed by atoms with Gasteiger partial charge in [-0.25, -0.2) is 0 Å². The smallest absolute Gasteiger partial charge is 0.0698 e. The van der Waals surface area contributed by atoms with Crippen LogP contribution in [0.3, 0.4) is 0 Å². The molecule has 0 unspecified atom stereocenters. The monoisotopic (exact) mass is 229 g/mol. The molecule has 0 spiro atoms. The van der Waals surface area contributed by atoms with E-state index >= 15 is 0 Å². The van der Waals surface area contributed by atoms with E-state index in [1.165, 1.54) is 26.2 Å². The quantitative estimate of drug-likeness (QED) is 0.548. The Morgan fingerprint density at radius 2 is 1.94 bits per heavy atom. The first-order chi connectivity index (χ1) is 7.90. The Kier molecular flexibility index (Phi) is 4.99. The van der Waals surface area contributed by atoms with Crippen molar-refractivity contribution in [3.8, 4) is 0 Å². The van der Waals surface area contributed by atoms with Crippen LogP contribution in [0.5, 0.6) is 0 Å². The van der Waals surface area contributed by atoms with Gasteiger partial charge in [-0.15, -0.1) is 0 Å². The molecule has 16 heavy (non-hydrogen) atoms. The van der Waals surface area contributed by atoms with Crippen molar-refractivity contribution in [1.29, 1.82) is 0 Å². The Bertz CT molecular complexity index is 192. The molecule has 2 heterocycles. The van der Waals surface area contributed by atoms with E-state index in [0.717, 1.165) is 32.3 Å². The number of hydrogen-bond donors (Lipinski definition) is 2. The molecule has 0 saturated carbocycles. The number of hydrogen-bond acceptors (Lipinski definition) is 5. The van der Waals surface area contributed by atoms with Crippen molar-refractivity contribution in [2.45, 2.75) is 6.04 Å². The Balaban J connectivity index is 1.51. The van der Waals surface area contributed by atoms with Crippen molar-refractivity contribution >= 4 is 0 Å². The number of piperazine rings is 1. The SMILES string of the molecule is OCCOCCN1CC(N2CCNCC2)C1. The normalized spacial score (nSPS) is 24.6. The van der Waals surface area contributed by atoms with Gasteiger partial charge < -0.3 is 15.2 Å². The van der Waals surface area contributed by atoms with Gasteiger partial charge in [0.1, 0.15) is 0 Å². The molecule has 0 amide bonds. The number of likely N-dealkylation sites (tertiary alicyclic amines) is 1. The summed E-state index contributed by atoms with van der Waals surface area (Å²) in [5, 5.41) is 11.9. The zero-order chi connectivity index (χ0) is 11.2. The van der Waals surface area contributed by atoms with Gasteiger partial charge in [0.2, 0.25) is 0 Å². The van der Waals surface area contributed by atoms with Gasteiger partial charge in [-0.2, -0.15) is 0 Å². The second-order valence-electron chi connectivity index (χ2n) is 4.54. The third-order valence-corrected chi connectivity index (χ3v) is 3.39.